The van der Waals surface area contributed by atoms with Gasteiger partial charge in [0.15, 0.2) is 0 Å². The molecule has 0 heterocycles. The van der Waals surface area contributed by atoms with Crippen LogP contribution < -0.4 is 5.32 Å². The van der Waals surface area contributed by atoms with Crippen molar-refractivity contribution in [3.63, 3.8) is 0 Å². The summed E-state index contributed by atoms with van der Waals surface area (Å²) in [5.74, 6) is -0.417. The first-order chi connectivity index (χ1) is 13.6. The lowest BCUT2D eigenvalue weighted by Gasteiger charge is -2.24. The summed E-state index contributed by atoms with van der Waals surface area (Å²) in [5.41, 5.74) is 4.34. The van der Waals surface area contributed by atoms with Gasteiger partial charge in [0.05, 0.1) is 19.6 Å². The minimum Gasteiger partial charge on any atom is -0.469 e. The molecule has 1 N–H and O–H groups in total. The van der Waals surface area contributed by atoms with Crippen molar-refractivity contribution >= 4 is 18.1 Å². The molecular weight excluding hydrogens is 366 g/mol. The van der Waals surface area contributed by atoms with Crippen LogP contribution in [-0.2, 0) is 14.3 Å². The summed E-state index contributed by atoms with van der Waals surface area (Å²) < 4.78 is 10.2. The summed E-state index contributed by atoms with van der Waals surface area (Å²) in [6.45, 7) is 11.3. The number of hydrogen-bond acceptors (Lipinski definition) is 4. The van der Waals surface area contributed by atoms with E-state index in [9.17, 15) is 9.59 Å². The van der Waals surface area contributed by atoms with Crippen LogP contribution in [-0.4, -0.2) is 24.8 Å². The lowest BCUT2D eigenvalue weighted by molar-refractivity contribution is -0.141. The lowest BCUT2D eigenvalue weighted by Crippen LogP contribution is -2.36. The van der Waals surface area contributed by atoms with Gasteiger partial charge < -0.3 is 14.8 Å². The molecule has 2 rings (SSSR count). The van der Waals surface area contributed by atoms with Crippen LogP contribution in [0.25, 0.3) is 17.2 Å². The van der Waals surface area contributed by atoms with Crippen LogP contribution in [0.1, 0.15) is 49.9 Å². The van der Waals surface area contributed by atoms with Gasteiger partial charge in [0.25, 0.3) is 0 Å². The Labute approximate surface area is 172 Å². The Morgan fingerprint density at radius 1 is 1.17 bits per heavy atom. The number of ether oxygens (including phenoxy) is 2. The fourth-order valence-electron chi connectivity index (χ4n) is 3.12. The van der Waals surface area contributed by atoms with Crippen LogP contribution in [0.3, 0.4) is 0 Å². The number of hydrogen-bond donors (Lipinski definition) is 1. The summed E-state index contributed by atoms with van der Waals surface area (Å²) in [4.78, 5) is 24.3. The van der Waals surface area contributed by atoms with Gasteiger partial charge in [-0.25, -0.2) is 4.79 Å². The van der Waals surface area contributed by atoms with E-state index in [0.29, 0.717) is 0 Å². The van der Waals surface area contributed by atoms with Gasteiger partial charge in [0.1, 0.15) is 5.60 Å². The Balaban J connectivity index is 2.42. The zero-order chi connectivity index (χ0) is 21.6. The van der Waals surface area contributed by atoms with Gasteiger partial charge in [0.2, 0.25) is 0 Å². The van der Waals surface area contributed by atoms with Crippen molar-refractivity contribution in [3.8, 4) is 11.1 Å². The number of carbonyl (C=O) groups is 2. The molecule has 2 aromatic rings. The van der Waals surface area contributed by atoms with Gasteiger partial charge in [-0.05, 0) is 61.6 Å². The highest BCUT2D eigenvalue weighted by atomic mass is 16.6. The molecule has 0 saturated carbocycles. The quantitative estimate of drug-likeness (QED) is 0.662. The summed E-state index contributed by atoms with van der Waals surface area (Å²) in [6.07, 6.45) is 1.24. The molecule has 1 amide bonds. The molecule has 5 heteroatoms. The maximum Gasteiger partial charge on any atom is 0.408 e. The molecule has 0 radical (unpaired) electrons. The molecule has 5 nitrogen and oxygen atoms in total. The zero-order valence-electron chi connectivity index (χ0n) is 17.7. The SMILES string of the molecule is C=Cc1cccc(C)c1-c1cccc([C@H](CC(=O)OC)NC(=O)OC(C)(C)C)c1. The van der Waals surface area contributed by atoms with Crippen molar-refractivity contribution in [1.82, 2.24) is 5.32 Å². The fraction of sp³-hybridized carbons (Fsp3) is 0.333. The third kappa shape index (κ3) is 6.21. The van der Waals surface area contributed by atoms with E-state index in [0.717, 1.165) is 27.8 Å². The maximum atomic E-state index is 12.3. The molecule has 0 aliphatic rings. The van der Waals surface area contributed by atoms with Crippen LogP contribution in [0.2, 0.25) is 0 Å². The van der Waals surface area contributed by atoms with E-state index in [1.807, 2.05) is 55.5 Å². The normalized spacial score (nSPS) is 12.0. The highest BCUT2D eigenvalue weighted by molar-refractivity contribution is 5.78. The molecule has 0 fully saturated rings. The molecule has 0 unspecified atom stereocenters. The van der Waals surface area contributed by atoms with E-state index in [1.165, 1.54) is 7.11 Å². The largest absolute Gasteiger partial charge is 0.469 e. The van der Waals surface area contributed by atoms with Crippen molar-refractivity contribution in [2.75, 3.05) is 7.11 Å². The van der Waals surface area contributed by atoms with Gasteiger partial charge >= 0.3 is 12.1 Å². The Morgan fingerprint density at radius 3 is 2.48 bits per heavy atom. The molecule has 0 bridgehead atoms. The second-order valence-electron chi connectivity index (χ2n) is 7.85. The highest BCUT2D eigenvalue weighted by Gasteiger charge is 2.23. The summed E-state index contributed by atoms with van der Waals surface area (Å²) in [7, 11) is 1.33. The van der Waals surface area contributed by atoms with Crippen molar-refractivity contribution in [3.05, 3.63) is 65.7 Å². The van der Waals surface area contributed by atoms with Crippen molar-refractivity contribution < 1.29 is 19.1 Å². The average Bonchev–Trinajstić information content (AvgIpc) is 2.65. The number of nitrogens with one attached hydrogen (secondary N) is 1. The first-order valence-electron chi connectivity index (χ1n) is 9.53. The molecule has 0 aliphatic carbocycles. The summed E-state index contributed by atoms with van der Waals surface area (Å²) in [5, 5.41) is 2.79. The van der Waals surface area contributed by atoms with Crippen molar-refractivity contribution in [2.24, 2.45) is 0 Å². The second kappa shape index (κ2) is 9.41. The number of methoxy groups -OCH3 is 1. The number of amides is 1. The van der Waals surface area contributed by atoms with Gasteiger partial charge in [-0.2, -0.15) is 0 Å². The standard InChI is InChI=1S/C24H29NO4/c1-7-17-11-8-10-16(2)22(17)19-13-9-12-18(14-19)20(15-21(26)28-6)25-23(27)29-24(3,4)5/h7-14,20H,1,15H2,2-6H3,(H,25,27)/t20-/m0/s1. The number of esters is 1. The number of rotatable bonds is 6. The number of carbonyl (C=O) groups excluding carboxylic acids is 2. The molecule has 0 spiro atoms. The molecule has 154 valence electrons. The minimum absolute atomic E-state index is 0.00127. The van der Waals surface area contributed by atoms with Gasteiger partial charge in [0, 0.05) is 0 Å². The van der Waals surface area contributed by atoms with Crippen LogP contribution >= 0.6 is 0 Å². The number of benzene rings is 2. The number of alkyl carbamates (subject to hydrolysis) is 1. The predicted molar refractivity (Wildman–Crippen MR) is 115 cm³/mol. The van der Waals surface area contributed by atoms with E-state index in [-0.39, 0.29) is 6.42 Å². The van der Waals surface area contributed by atoms with Crippen LogP contribution in [0.5, 0.6) is 0 Å². The van der Waals surface area contributed by atoms with Gasteiger partial charge in [-0.1, -0.05) is 49.1 Å². The average molecular weight is 395 g/mol. The first-order valence-corrected chi connectivity index (χ1v) is 9.53. The Bertz CT molecular complexity index is 896. The van der Waals surface area contributed by atoms with E-state index in [4.69, 9.17) is 9.47 Å². The van der Waals surface area contributed by atoms with Crippen molar-refractivity contribution in [1.29, 1.82) is 0 Å². The van der Waals surface area contributed by atoms with E-state index in [1.54, 1.807) is 20.8 Å². The topological polar surface area (TPSA) is 64.6 Å². The second-order valence-corrected chi connectivity index (χ2v) is 7.85. The molecule has 1 atom stereocenters. The van der Waals surface area contributed by atoms with Gasteiger partial charge in [-0.15, -0.1) is 0 Å². The highest BCUT2D eigenvalue weighted by Crippen LogP contribution is 2.31. The van der Waals surface area contributed by atoms with E-state index >= 15 is 0 Å². The Kier molecular flexibility index (Phi) is 7.21. The van der Waals surface area contributed by atoms with Crippen molar-refractivity contribution in [2.45, 2.75) is 45.8 Å². The molecule has 29 heavy (non-hydrogen) atoms. The number of aryl methyl sites for hydroxylation is 1. The van der Waals surface area contributed by atoms with Crippen LogP contribution in [0, 0.1) is 6.92 Å². The van der Waals surface area contributed by atoms with Crippen LogP contribution in [0.15, 0.2) is 49.0 Å². The minimum atomic E-state index is -0.637. The summed E-state index contributed by atoms with van der Waals surface area (Å²) in [6, 6.07) is 13.2. The van der Waals surface area contributed by atoms with E-state index in [2.05, 4.69) is 11.9 Å². The van der Waals surface area contributed by atoms with Crippen LogP contribution in [0.4, 0.5) is 4.79 Å². The lowest BCUT2D eigenvalue weighted by atomic mass is 9.92. The third-order valence-electron chi connectivity index (χ3n) is 4.39. The molecular formula is C24H29NO4. The Morgan fingerprint density at radius 2 is 1.86 bits per heavy atom. The molecule has 2 aromatic carbocycles. The molecule has 0 aromatic heterocycles. The maximum absolute atomic E-state index is 12.3. The third-order valence-corrected chi connectivity index (χ3v) is 4.39. The first kappa shape index (κ1) is 22.2. The Hall–Kier alpha value is -3.08. The molecule has 0 aliphatic heterocycles. The predicted octanol–water partition coefficient (Wildman–Crippen LogP) is 5.43. The van der Waals surface area contributed by atoms with E-state index < -0.39 is 23.7 Å². The monoisotopic (exact) mass is 395 g/mol. The smallest absolute Gasteiger partial charge is 0.408 e. The molecule has 0 saturated heterocycles. The van der Waals surface area contributed by atoms with Gasteiger partial charge in [-0.3, -0.25) is 4.79 Å². The fourth-order valence-corrected chi connectivity index (χ4v) is 3.12. The summed E-state index contributed by atoms with van der Waals surface area (Å²) >= 11 is 0. The zero-order valence-corrected chi connectivity index (χ0v) is 17.7.